The van der Waals surface area contributed by atoms with Gasteiger partial charge in [0.05, 0.1) is 6.61 Å². The molecule has 23 heavy (non-hydrogen) atoms. The molecule has 1 fully saturated rings. The van der Waals surface area contributed by atoms with Crippen molar-refractivity contribution in [3.05, 3.63) is 29.3 Å². The maximum absolute atomic E-state index is 12.2. The maximum atomic E-state index is 12.2. The zero-order valence-electron chi connectivity index (χ0n) is 13.7. The average Bonchev–Trinajstić information content (AvgIpc) is 3.09. The van der Waals surface area contributed by atoms with Gasteiger partial charge in [0, 0.05) is 42.8 Å². The van der Waals surface area contributed by atoms with E-state index in [4.69, 9.17) is 15.2 Å². The summed E-state index contributed by atoms with van der Waals surface area (Å²) in [6.07, 6.45) is 5.36. The van der Waals surface area contributed by atoms with Gasteiger partial charge in [0.2, 0.25) is 5.91 Å². The van der Waals surface area contributed by atoms with Crippen molar-refractivity contribution < 1.29 is 14.3 Å². The molecular formula is C18H24N2O3. The van der Waals surface area contributed by atoms with Gasteiger partial charge in [0.1, 0.15) is 17.6 Å². The number of likely N-dealkylation sites (tertiary alicyclic amines) is 1. The van der Waals surface area contributed by atoms with Crippen LogP contribution in [0.1, 0.15) is 31.4 Å². The van der Waals surface area contributed by atoms with Crippen LogP contribution in [-0.4, -0.2) is 42.6 Å². The molecule has 2 atom stereocenters. The third-order valence-corrected chi connectivity index (χ3v) is 4.27. The summed E-state index contributed by atoms with van der Waals surface area (Å²) in [7, 11) is 0. The Kier molecular flexibility index (Phi) is 4.57. The van der Waals surface area contributed by atoms with Crippen molar-refractivity contribution in [3.8, 4) is 11.5 Å². The fourth-order valence-electron chi connectivity index (χ4n) is 3.12. The molecule has 2 aliphatic rings. The fraction of sp³-hybridized carbons (Fsp3) is 0.500. The van der Waals surface area contributed by atoms with Crippen LogP contribution < -0.4 is 15.2 Å². The third kappa shape index (κ3) is 3.50. The van der Waals surface area contributed by atoms with E-state index >= 15 is 0 Å². The number of hydrogen-bond donors (Lipinski definition) is 1. The highest BCUT2D eigenvalue weighted by molar-refractivity contribution is 5.92. The van der Waals surface area contributed by atoms with E-state index in [1.807, 2.05) is 25.1 Å². The van der Waals surface area contributed by atoms with Crippen LogP contribution in [0.25, 0.3) is 6.08 Å². The van der Waals surface area contributed by atoms with E-state index in [1.165, 1.54) is 0 Å². The van der Waals surface area contributed by atoms with E-state index in [1.54, 1.807) is 11.0 Å². The highest BCUT2D eigenvalue weighted by Gasteiger charge is 2.23. The minimum absolute atomic E-state index is 0.00446. The van der Waals surface area contributed by atoms with E-state index in [2.05, 4.69) is 6.92 Å². The maximum Gasteiger partial charge on any atom is 0.246 e. The minimum atomic E-state index is -0.00446. The van der Waals surface area contributed by atoms with Gasteiger partial charge >= 0.3 is 0 Å². The highest BCUT2D eigenvalue weighted by Crippen LogP contribution is 2.35. The molecule has 2 N–H and O–H groups in total. The molecule has 0 spiro atoms. The molecule has 5 heteroatoms. The number of nitrogens with zero attached hydrogens (tertiary/aromatic N) is 1. The molecule has 2 unspecified atom stereocenters. The van der Waals surface area contributed by atoms with Gasteiger partial charge in [-0.25, -0.2) is 0 Å². The molecule has 0 saturated carbocycles. The second-order valence-electron chi connectivity index (χ2n) is 6.23. The number of nitrogens with two attached hydrogens (primary N) is 1. The number of carbonyl (C=O) groups excluding carboxylic acids is 1. The Bertz CT molecular complexity index is 627. The predicted octanol–water partition coefficient (Wildman–Crippen LogP) is 1.98. The first-order valence-corrected chi connectivity index (χ1v) is 8.25. The normalized spacial score (nSPS) is 23.2. The molecule has 3 rings (SSSR count). The quantitative estimate of drug-likeness (QED) is 0.863. The first kappa shape index (κ1) is 15.9. The van der Waals surface area contributed by atoms with Gasteiger partial charge in [-0.2, -0.15) is 0 Å². The Morgan fingerprint density at radius 3 is 3.04 bits per heavy atom. The molecule has 0 aliphatic carbocycles. The molecule has 2 heterocycles. The van der Waals surface area contributed by atoms with Crippen LogP contribution in [0.15, 0.2) is 18.2 Å². The molecule has 124 valence electrons. The van der Waals surface area contributed by atoms with E-state index in [9.17, 15) is 4.79 Å². The Morgan fingerprint density at radius 2 is 2.35 bits per heavy atom. The lowest BCUT2D eigenvalue weighted by molar-refractivity contribution is -0.124. The summed E-state index contributed by atoms with van der Waals surface area (Å²) < 4.78 is 11.5. The summed E-state index contributed by atoms with van der Waals surface area (Å²) in [5.74, 6) is 1.68. The molecule has 0 aromatic heterocycles. The summed E-state index contributed by atoms with van der Waals surface area (Å²) >= 11 is 0. The van der Waals surface area contributed by atoms with Gasteiger partial charge in [-0.05, 0) is 38.5 Å². The second kappa shape index (κ2) is 6.62. The van der Waals surface area contributed by atoms with E-state index in [-0.39, 0.29) is 18.1 Å². The lowest BCUT2D eigenvalue weighted by Crippen LogP contribution is -2.30. The Hall–Kier alpha value is -2.01. The standard InChI is InChI=1S/C18H24N2O3/c1-3-22-16-10-14-8-12(2)23-17(14)9-13(16)4-5-18(21)20-7-6-15(19)11-20/h4-5,9-10,12,15H,3,6-8,11,19H2,1-2H3. The largest absolute Gasteiger partial charge is 0.493 e. The highest BCUT2D eigenvalue weighted by atomic mass is 16.5. The summed E-state index contributed by atoms with van der Waals surface area (Å²) in [5.41, 5.74) is 7.89. The lowest BCUT2D eigenvalue weighted by atomic mass is 10.1. The van der Waals surface area contributed by atoms with Gasteiger partial charge in [0.15, 0.2) is 0 Å². The number of benzene rings is 1. The zero-order chi connectivity index (χ0) is 16.4. The van der Waals surface area contributed by atoms with E-state index < -0.39 is 0 Å². The molecule has 1 saturated heterocycles. The fourth-order valence-corrected chi connectivity index (χ4v) is 3.12. The molecule has 0 radical (unpaired) electrons. The number of hydrogen-bond acceptors (Lipinski definition) is 4. The van der Waals surface area contributed by atoms with Gasteiger partial charge < -0.3 is 20.1 Å². The summed E-state index contributed by atoms with van der Waals surface area (Å²) in [5, 5.41) is 0. The smallest absolute Gasteiger partial charge is 0.246 e. The Balaban J connectivity index is 1.79. The van der Waals surface area contributed by atoms with E-state index in [0.717, 1.165) is 42.0 Å². The van der Waals surface area contributed by atoms with Crippen LogP contribution in [0, 0.1) is 0 Å². The van der Waals surface area contributed by atoms with Crippen molar-refractivity contribution >= 4 is 12.0 Å². The third-order valence-electron chi connectivity index (χ3n) is 4.27. The van der Waals surface area contributed by atoms with Crippen LogP contribution in [-0.2, 0) is 11.2 Å². The van der Waals surface area contributed by atoms with Crippen molar-refractivity contribution in [2.24, 2.45) is 5.73 Å². The molecule has 1 aromatic carbocycles. The molecule has 5 nitrogen and oxygen atoms in total. The van der Waals surface area contributed by atoms with Crippen LogP contribution >= 0.6 is 0 Å². The van der Waals surface area contributed by atoms with Crippen molar-refractivity contribution in [2.75, 3.05) is 19.7 Å². The number of amides is 1. The first-order valence-electron chi connectivity index (χ1n) is 8.25. The second-order valence-corrected chi connectivity index (χ2v) is 6.23. The van der Waals surface area contributed by atoms with Crippen LogP contribution in [0.4, 0.5) is 0 Å². The van der Waals surface area contributed by atoms with E-state index in [0.29, 0.717) is 13.2 Å². The van der Waals surface area contributed by atoms with Gasteiger partial charge in [0.25, 0.3) is 0 Å². The van der Waals surface area contributed by atoms with Gasteiger partial charge in [-0.3, -0.25) is 4.79 Å². The zero-order valence-corrected chi connectivity index (χ0v) is 13.7. The summed E-state index contributed by atoms with van der Waals surface area (Å²) in [6, 6.07) is 4.09. The summed E-state index contributed by atoms with van der Waals surface area (Å²) in [4.78, 5) is 14.0. The van der Waals surface area contributed by atoms with Gasteiger partial charge in [-0.15, -0.1) is 0 Å². The SMILES string of the molecule is CCOc1cc2c(cc1C=CC(=O)N1CCC(N)C1)OC(C)C2. The molecule has 1 aromatic rings. The monoisotopic (exact) mass is 316 g/mol. The number of fused-ring (bicyclic) bond motifs is 1. The molecule has 0 bridgehead atoms. The van der Waals surface area contributed by atoms with Crippen LogP contribution in [0.2, 0.25) is 0 Å². The minimum Gasteiger partial charge on any atom is -0.493 e. The molecule has 1 amide bonds. The molecule has 2 aliphatic heterocycles. The number of carbonyl (C=O) groups is 1. The van der Waals surface area contributed by atoms with Crippen molar-refractivity contribution in [1.29, 1.82) is 0 Å². The van der Waals surface area contributed by atoms with Crippen LogP contribution in [0.3, 0.4) is 0 Å². The van der Waals surface area contributed by atoms with Gasteiger partial charge in [-0.1, -0.05) is 0 Å². The van der Waals surface area contributed by atoms with Crippen LogP contribution in [0.5, 0.6) is 11.5 Å². The van der Waals surface area contributed by atoms with Crippen molar-refractivity contribution in [1.82, 2.24) is 4.90 Å². The number of ether oxygens (including phenoxy) is 2. The Morgan fingerprint density at radius 1 is 1.52 bits per heavy atom. The summed E-state index contributed by atoms with van der Waals surface area (Å²) in [6.45, 7) is 5.96. The first-order chi connectivity index (χ1) is 11.1. The van der Waals surface area contributed by atoms with Crippen molar-refractivity contribution in [3.63, 3.8) is 0 Å². The topological polar surface area (TPSA) is 64.8 Å². The average molecular weight is 316 g/mol. The number of rotatable bonds is 4. The lowest BCUT2D eigenvalue weighted by Gasteiger charge is -2.13. The molecular weight excluding hydrogens is 292 g/mol. The Labute approximate surface area is 137 Å². The predicted molar refractivity (Wildman–Crippen MR) is 89.6 cm³/mol. The van der Waals surface area contributed by atoms with Crippen molar-refractivity contribution in [2.45, 2.75) is 38.8 Å².